The Balaban J connectivity index is 1.64. The number of hydrogen-bond donors (Lipinski definition) is 0. The topological polar surface area (TPSA) is 35.5 Å². The summed E-state index contributed by atoms with van der Waals surface area (Å²) in [6.45, 7) is 1.55. The summed E-state index contributed by atoms with van der Waals surface area (Å²) in [5.41, 5.74) is 0.673. The van der Waals surface area contributed by atoms with E-state index in [1.807, 2.05) is 42.5 Å². The highest BCUT2D eigenvalue weighted by atomic mass is 16.5. The molecule has 1 aliphatic carbocycles. The van der Waals surface area contributed by atoms with Crippen molar-refractivity contribution < 1.29 is 14.3 Å². The van der Waals surface area contributed by atoms with Crippen LogP contribution in [-0.2, 0) is 0 Å². The predicted octanol–water partition coefficient (Wildman–Crippen LogP) is 5.11. The van der Waals surface area contributed by atoms with Gasteiger partial charge in [-0.15, -0.1) is 0 Å². The number of Topliss-reactive ketones (excluding diaryl/α,β-unsaturated/α-hetero) is 1. The Morgan fingerprint density at radius 1 is 0.870 bits per heavy atom. The Morgan fingerprint density at radius 3 is 1.96 bits per heavy atom. The molecule has 0 aromatic heterocycles. The number of ether oxygens (including phenoxy) is 2. The summed E-state index contributed by atoms with van der Waals surface area (Å²) < 4.78 is 11.5. The van der Waals surface area contributed by atoms with Crippen molar-refractivity contribution in [2.45, 2.75) is 13.3 Å². The summed E-state index contributed by atoms with van der Waals surface area (Å²) in [7, 11) is 0. The number of carbonyl (C=O) groups excluding carboxylic acids is 1. The van der Waals surface area contributed by atoms with E-state index in [0.717, 1.165) is 23.7 Å². The quantitative estimate of drug-likeness (QED) is 0.720. The van der Waals surface area contributed by atoms with Crippen LogP contribution in [0.4, 0.5) is 0 Å². The van der Waals surface area contributed by atoms with Crippen LogP contribution >= 0.6 is 0 Å². The molecule has 0 amide bonds. The van der Waals surface area contributed by atoms with Crippen molar-refractivity contribution in [1.82, 2.24) is 0 Å². The second kappa shape index (κ2) is 6.97. The SMILES string of the molecule is CC(=O)c1ccc(Oc2ccc(OC3=CC[CH]C=C3)cc2)cc1. The van der Waals surface area contributed by atoms with Crippen LogP contribution in [0.2, 0.25) is 0 Å². The van der Waals surface area contributed by atoms with E-state index in [2.05, 4.69) is 6.42 Å². The first-order chi connectivity index (χ1) is 11.2. The third-order valence-corrected chi connectivity index (χ3v) is 3.41. The summed E-state index contributed by atoms with van der Waals surface area (Å²) in [6.07, 6.45) is 8.91. The maximum Gasteiger partial charge on any atom is 0.159 e. The van der Waals surface area contributed by atoms with Crippen LogP contribution in [0.1, 0.15) is 23.7 Å². The Kier molecular flexibility index (Phi) is 4.57. The largest absolute Gasteiger partial charge is 0.458 e. The molecule has 0 N–H and O–H groups in total. The van der Waals surface area contributed by atoms with Crippen molar-refractivity contribution in [3.63, 3.8) is 0 Å². The second-order valence-corrected chi connectivity index (χ2v) is 5.19. The molecule has 3 nitrogen and oxygen atoms in total. The molecule has 3 heteroatoms. The molecule has 0 unspecified atom stereocenters. The van der Waals surface area contributed by atoms with E-state index in [9.17, 15) is 4.79 Å². The molecule has 1 aliphatic rings. The maximum atomic E-state index is 11.3. The van der Waals surface area contributed by atoms with Crippen LogP contribution in [0, 0.1) is 6.42 Å². The molecule has 0 fully saturated rings. The lowest BCUT2D eigenvalue weighted by molar-refractivity contribution is 0.101. The highest BCUT2D eigenvalue weighted by Gasteiger charge is 2.03. The van der Waals surface area contributed by atoms with Crippen molar-refractivity contribution in [2.75, 3.05) is 0 Å². The molecule has 0 bridgehead atoms. The van der Waals surface area contributed by atoms with Crippen LogP contribution < -0.4 is 9.47 Å². The molecular formula is C20H17O3. The normalized spacial score (nSPS) is 13.3. The minimum absolute atomic E-state index is 0.0433. The van der Waals surface area contributed by atoms with E-state index in [1.54, 1.807) is 31.2 Å². The fourth-order valence-electron chi connectivity index (χ4n) is 2.17. The molecule has 0 saturated carbocycles. The van der Waals surface area contributed by atoms with E-state index in [-0.39, 0.29) is 5.78 Å². The van der Waals surface area contributed by atoms with Crippen LogP contribution in [0.3, 0.4) is 0 Å². The molecule has 0 atom stereocenters. The lowest BCUT2D eigenvalue weighted by atomic mass is 10.1. The first kappa shape index (κ1) is 15.1. The van der Waals surface area contributed by atoms with Crippen LogP contribution in [-0.4, -0.2) is 5.78 Å². The van der Waals surface area contributed by atoms with Gasteiger partial charge in [0, 0.05) is 5.56 Å². The molecule has 2 aromatic rings. The molecule has 1 radical (unpaired) electrons. The van der Waals surface area contributed by atoms with E-state index < -0.39 is 0 Å². The first-order valence-electron chi connectivity index (χ1n) is 7.47. The first-order valence-corrected chi connectivity index (χ1v) is 7.47. The Labute approximate surface area is 135 Å². The van der Waals surface area contributed by atoms with Gasteiger partial charge in [0.15, 0.2) is 5.78 Å². The average Bonchev–Trinajstić information content (AvgIpc) is 2.58. The lowest BCUT2D eigenvalue weighted by Gasteiger charge is -2.10. The third-order valence-electron chi connectivity index (χ3n) is 3.41. The standard InChI is InChI=1S/C20H17O3/c1-15(21)16-7-9-18(10-8-16)23-20-13-11-19(12-14-20)22-17-5-3-2-4-6-17/h2-3,5-14H,4H2,1H3. The van der Waals surface area contributed by atoms with Gasteiger partial charge in [0.25, 0.3) is 0 Å². The minimum atomic E-state index is 0.0433. The molecular weight excluding hydrogens is 288 g/mol. The van der Waals surface area contributed by atoms with Gasteiger partial charge in [-0.25, -0.2) is 0 Å². The van der Waals surface area contributed by atoms with Gasteiger partial charge in [-0.1, -0.05) is 6.08 Å². The zero-order valence-corrected chi connectivity index (χ0v) is 12.9. The van der Waals surface area contributed by atoms with Crippen LogP contribution in [0.15, 0.2) is 72.5 Å². The van der Waals surface area contributed by atoms with Gasteiger partial charge in [-0.05, 0) is 80.4 Å². The third kappa shape index (κ3) is 4.10. The lowest BCUT2D eigenvalue weighted by Crippen LogP contribution is -1.95. The summed E-state index contributed by atoms with van der Waals surface area (Å²) in [6, 6.07) is 14.5. The zero-order valence-electron chi connectivity index (χ0n) is 12.9. The zero-order chi connectivity index (χ0) is 16.1. The predicted molar refractivity (Wildman–Crippen MR) is 89.7 cm³/mol. The van der Waals surface area contributed by atoms with E-state index >= 15 is 0 Å². The van der Waals surface area contributed by atoms with E-state index in [4.69, 9.17) is 9.47 Å². The minimum Gasteiger partial charge on any atom is -0.458 e. The molecule has 0 saturated heterocycles. The number of benzene rings is 2. The maximum absolute atomic E-state index is 11.3. The molecule has 2 aromatic carbocycles. The van der Waals surface area contributed by atoms with Gasteiger partial charge >= 0.3 is 0 Å². The number of allylic oxidation sites excluding steroid dienone is 3. The number of rotatable bonds is 5. The van der Waals surface area contributed by atoms with Gasteiger partial charge < -0.3 is 9.47 Å². The summed E-state index contributed by atoms with van der Waals surface area (Å²) in [4.78, 5) is 11.3. The molecule has 0 spiro atoms. The highest BCUT2D eigenvalue weighted by molar-refractivity contribution is 5.94. The fourth-order valence-corrected chi connectivity index (χ4v) is 2.17. The van der Waals surface area contributed by atoms with E-state index in [1.165, 1.54) is 0 Å². The van der Waals surface area contributed by atoms with Crippen molar-refractivity contribution in [2.24, 2.45) is 0 Å². The van der Waals surface area contributed by atoms with Gasteiger partial charge in [0.05, 0.1) is 0 Å². The second-order valence-electron chi connectivity index (χ2n) is 5.19. The molecule has 0 aliphatic heterocycles. The Morgan fingerprint density at radius 2 is 1.43 bits per heavy atom. The van der Waals surface area contributed by atoms with Crippen LogP contribution in [0.5, 0.6) is 17.2 Å². The molecule has 23 heavy (non-hydrogen) atoms. The number of hydrogen-bond acceptors (Lipinski definition) is 3. The fraction of sp³-hybridized carbons (Fsp3) is 0.100. The molecule has 115 valence electrons. The smallest absolute Gasteiger partial charge is 0.159 e. The Hall–Kier alpha value is -2.81. The van der Waals surface area contributed by atoms with Gasteiger partial charge in [-0.2, -0.15) is 0 Å². The van der Waals surface area contributed by atoms with Gasteiger partial charge in [0.2, 0.25) is 0 Å². The summed E-state index contributed by atoms with van der Waals surface area (Å²) in [5.74, 6) is 3.07. The summed E-state index contributed by atoms with van der Waals surface area (Å²) in [5, 5.41) is 0. The summed E-state index contributed by atoms with van der Waals surface area (Å²) >= 11 is 0. The Bertz CT molecular complexity index is 737. The van der Waals surface area contributed by atoms with Gasteiger partial charge in [-0.3, -0.25) is 4.79 Å². The average molecular weight is 305 g/mol. The van der Waals surface area contributed by atoms with Crippen LogP contribution in [0.25, 0.3) is 0 Å². The molecule has 3 rings (SSSR count). The van der Waals surface area contributed by atoms with Crippen molar-refractivity contribution in [3.8, 4) is 17.2 Å². The van der Waals surface area contributed by atoms with Crippen molar-refractivity contribution in [3.05, 3.63) is 84.5 Å². The monoisotopic (exact) mass is 305 g/mol. The highest BCUT2D eigenvalue weighted by Crippen LogP contribution is 2.25. The van der Waals surface area contributed by atoms with Crippen molar-refractivity contribution in [1.29, 1.82) is 0 Å². The molecule has 0 heterocycles. The number of carbonyl (C=O) groups is 1. The van der Waals surface area contributed by atoms with E-state index in [0.29, 0.717) is 11.3 Å². The number of ketones is 1. The van der Waals surface area contributed by atoms with Gasteiger partial charge in [0.1, 0.15) is 23.0 Å². The van der Waals surface area contributed by atoms with Crippen molar-refractivity contribution >= 4 is 5.78 Å².